The Morgan fingerprint density at radius 2 is 1.55 bits per heavy atom. The van der Waals surface area contributed by atoms with Crippen LogP contribution < -0.4 is 5.84 Å². The predicted octanol–water partition coefficient (Wildman–Crippen LogP) is 4.16. The number of halogens is 1. The molecule has 0 aliphatic rings. The second kappa shape index (κ2) is 10.8. The van der Waals surface area contributed by atoms with Crippen LogP contribution in [0, 0.1) is 5.82 Å². The maximum absolute atomic E-state index is 14.1. The molecule has 0 atom stereocenters. The molecule has 0 radical (unpaired) electrons. The fourth-order valence-electron chi connectivity index (χ4n) is 3.42. The number of aromatic nitrogens is 3. The molecule has 0 aliphatic heterocycles. The number of carbonyl (C=O) groups is 1. The largest absolute Gasteiger partial charge is 0.337 e. The summed E-state index contributed by atoms with van der Waals surface area (Å²) in [5.41, 5.74) is 2.50. The molecule has 1 heterocycles. The second-order valence-electron chi connectivity index (χ2n) is 7.48. The number of nitrogens with zero attached hydrogens (tertiary/aromatic N) is 4. The molecule has 3 aromatic carbocycles. The third kappa shape index (κ3) is 5.78. The van der Waals surface area contributed by atoms with E-state index in [4.69, 9.17) is 5.84 Å². The first kappa shape index (κ1) is 22.5. The van der Waals surface area contributed by atoms with Crippen LogP contribution in [-0.2, 0) is 17.8 Å². The highest BCUT2D eigenvalue weighted by atomic mass is 32.2. The van der Waals surface area contributed by atoms with E-state index < -0.39 is 5.82 Å². The van der Waals surface area contributed by atoms with Gasteiger partial charge in [0.15, 0.2) is 5.82 Å². The Morgan fingerprint density at radius 3 is 2.24 bits per heavy atom. The molecule has 8 heteroatoms. The standard InChI is InChI=1S/C25H24FN5OS/c26-22-14-8-7-13-21(22)24-28-29-25(31(24)27)33-18-23(32)30(17-20-11-5-2-6-12-20)16-15-19-9-3-1-4-10-19/h1-14H,15-18,27H2. The second-order valence-corrected chi connectivity index (χ2v) is 8.42. The SMILES string of the molecule is Nn1c(SCC(=O)N(CCc2ccccc2)Cc2ccccc2)nnc1-c1ccccc1F. The topological polar surface area (TPSA) is 77.0 Å². The van der Waals surface area contributed by atoms with Crippen molar-refractivity contribution in [3.63, 3.8) is 0 Å². The number of nitrogens with two attached hydrogens (primary N) is 1. The fraction of sp³-hybridized carbons (Fsp3) is 0.160. The first-order valence-corrected chi connectivity index (χ1v) is 11.5. The Kier molecular flexibility index (Phi) is 7.36. The smallest absolute Gasteiger partial charge is 0.233 e. The van der Waals surface area contributed by atoms with Crippen molar-refractivity contribution < 1.29 is 9.18 Å². The van der Waals surface area contributed by atoms with E-state index in [1.807, 2.05) is 53.4 Å². The van der Waals surface area contributed by atoms with Gasteiger partial charge in [0.05, 0.1) is 11.3 Å². The Bertz CT molecular complexity index is 1200. The molecule has 6 nitrogen and oxygen atoms in total. The average molecular weight is 462 g/mol. The first-order chi connectivity index (χ1) is 16.1. The molecule has 33 heavy (non-hydrogen) atoms. The van der Waals surface area contributed by atoms with Gasteiger partial charge >= 0.3 is 0 Å². The molecule has 4 rings (SSSR count). The summed E-state index contributed by atoms with van der Waals surface area (Å²) in [6, 6.07) is 26.2. The van der Waals surface area contributed by atoms with E-state index >= 15 is 0 Å². The van der Waals surface area contributed by atoms with Gasteiger partial charge in [-0.15, -0.1) is 10.2 Å². The van der Waals surface area contributed by atoms with Gasteiger partial charge in [0.25, 0.3) is 0 Å². The van der Waals surface area contributed by atoms with Gasteiger partial charge in [-0.05, 0) is 29.7 Å². The summed E-state index contributed by atoms with van der Waals surface area (Å²) in [6.45, 7) is 1.11. The molecule has 0 spiro atoms. The van der Waals surface area contributed by atoms with Gasteiger partial charge in [0.1, 0.15) is 5.82 Å². The number of nitrogen functional groups attached to an aromatic ring is 1. The Balaban J connectivity index is 1.44. The van der Waals surface area contributed by atoms with Crippen molar-refractivity contribution in [3.05, 3.63) is 102 Å². The van der Waals surface area contributed by atoms with Crippen molar-refractivity contribution in [2.45, 2.75) is 18.1 Å². The minimum Gasteiger partial charge on any atom is -0.337 e. The quantitative estimate of drug-likeness (QED) is 0.299. The highest BCUT2D eigenvalue weighted by Crippen LogP contribution is 2.24. The van der Waals surface area contributed by atoms with E-state index in [2.05, 4.69) is 22.3 Å². The summed E-state index contributed by atoms with van der Waals surface area (Å²) in [5, 5.41) is 8.42. The van der Waals surface area contributed by atoms with E-state index in [0.717, 1.165) is 12.0 Å². The van der Waals surface area contributed by atoms with Crippen LogP contribution in [0.5, 0.6) is 0 Å². The molecule has 2 N–H and O–H groups in total. The molecule has 0 aliphatic carbocycles. The lowest BCUT2D eigenvalue weighted by molar-refractivity contribution is -0.128. The van der Waals surface area contributed by atoms with E-state index in [1.54, 1.807) is 18.2 Å². The first-order valence-electron chi connectivity index (χ1n) is 10.6. The fourth-order valence-corrected chi connectivity index (χ4v) is 4.18. The summed E-state index contributed by atoms with van der Waals surface area (Å²) >= 11 is 1.19. The predicted molar refractivity (Wildman–Crippen MR) is 128 cm³/mol. The monoisotopic (exact) mass is 461 g/mol. The summed E-state index contributed by atoms with van der Waals surface area (Å²) in [4.78, 5) is 15.0. The number of carbonyl (C=O) groups excluding carboxylic acids is 1. The normalized spacial score (nSPS) is 10.8. The van der Waals surface area contributed by atoms with Gasteiger partial charge in [0.2, 0.25) is 11.1 Å². The Labute approximate surface area is 196 Å². The van der Waals surface area contributed by atoms with Crippen molar-refractivity contribution in [3.8, 4) is 11.4 Å². The van der Waals surface area contributed by atoms with Crippen LogP contribution in [0.1, 0.15) is 11.1 Å². The van der Waals surface area contributed by atoms with Gasteiger partial charge in [-0.25, -0.2) is 9.07 Å². The number of thioether (sulfide) groups is 1. The molecule has 0 fully saturated rings. The highest BCUT2D eigenvalue weighted by molar-refractivity contribution is 7.99. The lowest BCUT2D eigenvalue weighted by atomic mass is 10.1. The molecule has 1 aromatic heterocycles. The number of hydrogen-bond acceptors (Lipinski definition) is 5. The van der Waals surface area contributed by atoms with Gasteiger partial charge < -0.3 is 10.7 Å². The Morgan fingerprint density at radius 1 is 0.909 bits per heavy atom. The molecule has 168 valence electrons. The van der Waals surface area contributed by atoms with E-state index in [9.17, 15) is 9.18 Å². The summed E-state index contributed by atoms with van der Waals surface area (Å²) in [7, 11) is 0. The minimum absolute atomic E-state index is 0.0322. The Hall–Kier alpha value is -3.65. The number of hydrogen-bond donors (Lipinski definition) is 1. The van der Waals surface area contributed by atoms with Crippen LogP contribution in [0.2, 0.25) is 0 Å². The van der Waals surface area contributed by atoms with Crippen LogP contribution in [0.3, 0.4) is 0 Å². The van der Waals surface area contributed by atoms with E-state index in [-0.39, 0.29) is 23.0 Å². The van der Waals surface area contributed by atoms with E-state index in [1.165, 1.54) is 28.1 Å². The zero-order valence-corrected chi connectivity index (χ0v) is 18.8. The maximum atomic E-state index is 14.1. The summed E-state index contributed by atoms with van der Waals surface area (Å²) in [6.07, 6.45) is 0.759. The van der Waals surface area contributed by atoms with Gasteiger partial charge in [-0.2, -0.15) is 0 Å². The maximum Gasteiger partial charge on any atom is 0.233 e. The zero-order chi connectivity index (χ0) is 23.0. The van der Waals surface area contributed by atoms with Crippen LogP contribution in [0.15, 0.2) is 90.1 Å². The summed E-state index contributed by atoms with van der Waals surface area (Å²) < 4.78 is 15.3. The highest BCUT2D eigenvalue weighted by Gasteiger charge is 2.19. The average Bonchev–Trinajstić information content (AvgIpc) is 3.21. The van der Waals surface area contributed by atoms with Crippen molar-refractivity contribution in [1.29, 1.82) is 0 Å². The summed E-state index contributed by atoms with van der Waals surface area (Å²) in [5.74, 6) is 6.00. The number of benzene rings is 3. The van der Waals surface area contributed by atoms with Gasteiger partial charge in [-0.1, -0.05) is 84.6 Å². The van der Waals surface area contributed by atoms with E-state index in [0.29, 0.717) is 18.2 Å². The third-order valence-corrected chi connectivity index (χ3v) is 6.11. The van der Waals surface area contributed by atoms with Gasteiger partial charge in [0, 0.05) is 13.1 Å². The van der Waals surface area contributed by atoms with Crippen LogP contribution >= 0.6 is 11.8 Å². The van der Waals surface area contributed by atoms with Gasteiger partial charge in [-0.3, -0.25) is 4.79 Å². The molecule has 1 amide bonds. The van der Waals surface area contributed by atoms with Crippen LogP contribution in [-0.4, -0.2) is 38.0 Å². The molecule has 0 saturated heterocycles. The third-order valence-electron chi connectivity index (χ3n) is 5.19. The molecule has 4 aromatic rings. The van der Waals surface area contributed by atoms with Crippen LogP contribution in [0.25, 0.3) is 11.4 Å². The lowest BCUT2D eigenvalue weighted by Gasteiger charge is -2.23. The van der Waals surface area contributed by atoms with Crippen molar-refractivity contribution >= 4 is 17.7 Å². The zero-order valence-electron chi connectivity index (χ0n) is 18.0. The van der Waals surface area contributed by atoms with Crippen molar-refractivity contribution in [2.75, 3.05) is 18.1 Å². The number of amides is 1. The minimum atomic E-state index is -0.431. The molecule has 0 bridgehead atoms. The van der Waals surface area contributed by atoms with Crippen molar-refractivity contribution in [1.82, 2.24) is 19.8 Å². The molecular formula is C25H24FN5OS. The molecule has 0 saturated carbocycles. The molecule has 0 unspecified atom stereocenters. The van der Waals surface area contributed by atoms with Crippen molar-refractivity contribution in [2.24, 2.45) is 0 Å². The molecular weight excluding hydrogens is 437 g/mol. The number of rotatable bonds is 9. The van der Waals surface area contributed by atoms with Crippen LogP contribution in [0.4, 0.5) is 4.39 Å². The lowest BCUT2D eigenvalue weighted by Crippen LogP contribution is -2.34.